The molecule has 0 aliphatic heterocycles. The van der Waals surface area contributed by atoms with Crippen LogP contribution in [0.3, 0.4) is 0 Å². The molecule has 1 N–H and O–H groups in total. The van der Waals surface area contributed by atoms with Gasteiger partial charge in [0.1, 0.15) is 6.04 Å². The van der Waals surface area contributed by atoms with Gasteiger partial charge in [-0.15, -0.1) is 0 Å². The lowest BCUT2D eigenvalue weighted by Crippen LogP contribution is -2.08. The standard InChI is InChI=1S/C14H9Br2ClN2/c15-10-3-1-2-4-13(10)19-14(8-18)9-5-6-12(17)11(16)7-9/h1-7,14,19H. The van der Waals surface area contributed by atoms with Crippen LogP contribution >= 0.6 is 43.5 Å². The maximum Gasteiger partial charge on any atom is 0.140 e. The van der Waals surface area contributed by atoms with Gasteiger partial charge in [-0.05, 0) is 61.7 Å². The topological polar surface area (TPSA) is 35.8 Å². The van der Waals surface area contributed by atoms with Crippen LogP contribution in [0.15, 0.2) is 51.4 Å². The third-order valence-electron chi connectivity index (χ3n) is 2.58. The molecule has 5 heteroatoms. The van der Waals surface area contributed by atoms with Crippen LogP contribution in [0.1, 0.15) is 11.6 Å². The zero-order valence-electron chi connectivity index (χ0n) is 9.70. The van der Waals surface area contributed by atoms with E-state index in [-0.39, 0.29) is 0 Å². The third-order valence-corrected chi connectivity index (χ3v) is 4.49. The summed E-state index contributed by atoms with van der Waals surface area (Å²) in [4.78, 5) is 0. The fourth-order valence-corrected chi connectivity index (χ4v) is 2.53. The highest BCUT2D eigenvalue weighted by Gasteiger charge is 2.12. The summed E-state index contributed by atoms with van der Waals surface area (Å²) in [7, 11) is 0. The molecule has 0 aromatic heterocycles. The molecule has 0 spiro atoms. The van der Waals surface area contributed by atoms with Gasteiger partial charge < -0.3 is 5.32 Å². The minimum absolute atomic E-state index is 0.438. The number of rotatable bonds is 3. The van der Waals surface area contributed by atoms with Crippen molar-refractivity contribution in [2.75, 3.05) is 5.32 Å². The SMILES string of the molecule is N#CC(Nc1ccccc1Br)c1ccc(Cl)c(Br)c1. The molecule has 19 heavy (non-hydrogen) atoms. The number of benzene rings is 2. The molecule has 1 atom stereocenters. The Hall–Kier alpha value is -1.02. The Kier molecular flexibility index (Phi) is 4.87. The van der Waals surface area contributed by atoms with E-state index < -0.39 is 6.04 Å². The number of nitrogens with one attached hydrogen (secondary N) is 1. The molecule has 0 radical (unpaired) electrons. The van der Waals surface area contributed by atoms with Gasteiger partial charge in [0.05, 0.1) is 11.1 Å². The van der Waals surface area contributed by atoms with Gasteiger partial charge in [0.25, 0.3) is 0 Å². The molecule has 2 rings (SSSR count). The van der Waals surface area contributed by atoms with Crippen LogP contribution in [0.5, 0.6) is 0 Å². The molecule has 0 amide bonds. The van der Waals surface area contributed by atoms with Gasteiger partial charge in [-0.25, -0.2) is 0 Å². The van der Waals surface area contributed by atoms with Crippen molar-refractivity contribution in [3.63, 3.8) is 0 Å². The summed E-state index contributed by atoms with van der Waals surface area (Å²) >= 11 is 12.8. The predicted molar refractivity (Wildman–Crippen MR) is 85.3 cm³/mol. The van der Waals surface area contributed by atoms with E-state index in [0.717, 1.165) is 20.2 Å². The first-order chi connectivity index (χ1) is 9.11. The summed E-state index contributed by atoms with van der Waals surface area (Å²) in [5, 5.41) is 13.1. The first kappa shape index (κ1) is 14.4. The Morgan fingerprint density at radius 3 is 2.47 bits per heavy atom. The first-order valence-corrected chi connectivity index (χ1v) is 7.44. The highest BCUT2D eigenvalue weighted by atomic mass is 79.9. The minimum atomic E-state index is -0.438. The molecular weight excluding hydrogens is 391 g/mol. The average molecular weight is 401 g/mol. The zero-order valence-corrected chi connectivity index (χ0v) is 13.6. The van der Waals surface area contributed by atoms with E-state index in [9.17, 15) is 5.26 Å². The second kappa shape index (κ2) is 6.42. The molecule has 0 aliphatic rings. The van der Waals surface area contributed by atoms with E-state index in [1.54, 1.807) is 6.07 Å². The van der Waals surface area contributed by atoms with E-state index in [4.69, 9.17) is 11.6 Å². The third kappa shape index (κ3) is 3.50. The van der Waals surface area contributed by atoms with Crippen molar-refractivity contribution in [2.24, 2.45) is 0 Å². The summed E-state index contributed by atoms with van der Waals surface area (Å²) in [5.41, 5.74) is 1.73. The van der Waals surface area contributed by atoms with Gasteiger partial charge in [0.15, 0.2) is 0 Å². The van der Waals surface area contributed by atoms with Gasteiger partial charge in [-0.3, -0.25) is 0 Å². The Labute approximate surface area is 133 Å². The number of halogens is 3. The molecule has 0 aliphatic carbocycles. The summed E-state index contributed by atoms with van der Waals surface area (Å²) < 4.78 is 1.70. The van der Waals surface area contributed by atoms with Crippen molar-refractivity contribution < 1.29 is 0 Å². The van der Waals surface area contributed by atoms with E-state index in [0.29, 0.717) is 5.02 Å². The molecule has 0 saturated heterocycles. The molecule has 96 valence electrons. The Balaban J connectivity index is 2.28. The molecule has 2 aromatic rings. The highest BCUT2D eigenvalue weighted by Crippen LogP contribution is 2.29. The number of anilines is 1. The van der Waals surface area contributed by atoms with Crippen LogP contribution in [-0.4, -0.2) is 0 Å². The second-order valence-electron chi connectivity index (χ2n) is 3.86. The molecule has 1 unspecified atom stereocenters. The van der Waals surface area contributed by atoms with Crippen molar-refractivity contribution >= 4 is 49.1 Å². The fourth-order valence-electron chi connectivity index (χ4n) is 1.62. The van der Waals surface area contributed by atoms with Gasteiger partial charge in [0, 0.05) is 14.6 Å². The molecule has 0 fully saturated rings. The number of nitrogens with zero attached hydrogens (tertiary/aromatic N) is 1. The first-order valence-electron chi connectivity index (χ1n) is 5.47. The normalized spacial score (nSPS) is 11.7. The van der Waals surface area contributed by atoms with Crippen molar-refractivity contribution in [1.29, 1.82) is 5.26 Å². The molecular formula is C14H9Br2ClN2. The van der Waals surface area contributed by atoms with Crippen LogP contribution < -0.4 is 5.32 Å². The summed E-state index contributed by atoms with van der Waals surface area (Å²) in [6.07, 6.45) is 0. The smallest absolute Gasteiger partial charge is 0.140 e. The van der Waals surface area contributed by atoms with Crippen molar-refractivity contribution in [3.8, 4) is 6.07 Å². The number of nitriles is 1. The van der Waals surface area contributed by atoms with Crippen LogP contribution in [0, 0.1) is 11.3 Å². The van der Waals surface area contributed by atoms with Crippen LogP contribution in [0.2, 0.25) is 5.02 Å². The molecule has 0 bridgehead atoms. The summed E-state index contributed by atoms with van der Waals surface area (Å²) in [5.74, 6) is 0. The van der Waals surface area contributed by atoms with Gasteiger partial charge >= 0.3 is 0 Å². The molecule has 2 aromatic carbocycles. The molecule has 0 saturated carbocycles. The Bertz CT molecular complexity index is 638. The van der Waals surface area contributed by atoms with E-state index in [2.05, 4.69) is 43.2 Å². The van der Waals surface area contributed by atoms with Crippen LogP contribution in [0.4, 0.5) is 5.69 Å². The average Bonchev–Trinajstić information content (AvgIpc) is 2.41. The van der Waals surface area contributed by atoms with Crippen molar-refractivity contribution in [2.45, 2.75) is 6.04 Å². The maximum atomic E-state index is 9.32. The largest absolute Gasteiger partial charge is 0.365 e. The number of hydrogen-bond donors (Lipinski definition) is 1. The predicted octanol–water partition coefficient (Wildman–Crippen LogP) is 5.54. The van der Waals surface area contributed by atoms with Crippen molar-refractivity contribution in [1.82, 2.24) is 0 Å². The second-order valence-corrected chi connectivity index (χ2v) is 5.98. The van der Waals surface area contributed by atoms with Crippen molar-refractivity contribution in [3.05, 3.63) is 62.0 Å². The molecule has 0 heterocycles. The minimum Gasteiger partial charge on any atom is -0.365 e. The van der Waals surface area contributed by atoms with Crippen LogP contribution in [-0.2, 0) is 0 Å². The highest BCUT2D eigenvalue weighted by molar-refractivity contribution is 9.11. The quantitative estimate of drug-likeness (QED) is 0.734. The Morgan fingerprint density at radius 2 is 1.84 bits per heavy atom. The maximum absolute atomic E-state index is 9.32. The fraction of sp³-hybridized carbons (Fsp3) is 0.0714. The van der Waals surface area contributed by atoms with Gasteiger partial charge in [-0.1, -0.05) is 29.8 Å². The number of para-hydroxylation sites is 1. The van der Waals surface area contributed by atoms with E-state index in [1.165, 1.54) is 0 Å². The van der Waals surface area contributed by atoms with Gasteiger partial charge in [-0.2, -0.15) is 5.26 Å². The Morgan fingerprint density at radius 1 is 1.11 bits per heavy atom. The molecule has 2 nitrogen and oxygen atoms in total. The zero-order chi connectivity index (χ0) is 13.8. The van der Waals surface area contributed by atoms with Gasteiger partial charge in [0.2, 0.25) is 0 Å². The lowest BCUT2D eigenvalue weighted by molar-refractivity contribution is 0.994. The summed E-state index contributed by atoms with van der Waals surface area (Å²) in [6.45, 7) is 0. The number of hydrogen-bond acceptors (Lipinski definition) is 2. The van der Waals surface area contributed by atoms with E-state index in [1.807, 2.05) is 36.4 Å². The monoisotopic (exact) mass is 398 g/mol. The lowest BCUT2D eigenvalue weighted by Gasteiger charge is -2.15. The summed E-state index contributed by atoms with van der Waals surface area (Å²) in [6, 6.07) is 14.9. The van der Waals surface area contributed by atoms with E-state index >= 15 is 0 Å². The van der Waals surface area contributed by atoms with Crippen LogP contribution in [0.25, 0.3) is 0 Å². The lowest BCUT2D eigenvalue weighted by atomic mass is 10.1.